The number of fused-ring (bicyclic) bond motifs is 1. The predicted octanol–water partition coefficient (Wildman–Crippen LogP) is 3.91. The number of carbonyl (C=O) groups excluding carboxylic acids is 1. The van der Waals surface area contributed by atoms with Gasteiger partial charge in [0, 0.05) is 23.0 Å². The van der Waals surface area contributed by atoms with E-state index in [0.29, 0.717) is 15.8 Å². The standard InChI is InChI=1S/C20H22FN3O2S/c1-12(2)24(13(3)4)17(25)9-23-11-22-19-18(20(23)26)16(10-27-19)14-5-7-15(21)8-6-14/h5-8,10-13H,9H2,1-4H3. The maximum Gasteiger partial charge on any atom is 0.263 e. The lowest BCUT2D eigenvalue weighted by Crippen LogP contribution is -2.44. The summed E-state index contributed by atoms with van der Waals surface area (Å²) < 4.78 is 14.6. The number of hydrogen-bond acceptors (Lipinski definition) is 4. The minimum Gasteiger partial charge on any atom is -0.336 e. The summed E-state index contributed by atoms with van der Waals surface area (Å²) >= 11 is 1.36. The average Bonchev–Trinajstić information content (AvgIpc) is 3.02. The quantitative estimate of drug-likeness (QED) is 0.667. The zero-order valence-electron chi connectivity index (χ0n) is 15.8. The molecule has 0 N–H and O–H groups in total. The molecule has 0 spiro atoms. The van der Waals surface area contributed by atoms with Crippen molar-refractivity contribution in [2.45, 2.75) is 46.3 Å². The second-order valence-corrected chi connectivity index (χ2v) is 7.86. The molecular weight excluding hydrogens is 365 g/mol. The Morgan fingerprint density at radius 2 is 1.81 bits per heavy atom. The number of benzene rings is 1. The van der Waals surface area contributed by atoms with Gasteiger partial charge in [-0.3, -0.25) is 14.2 Å². The van der Waals surface area contributed by atoms with E-state index in [0.717, 1.165) is 5.56 Å². The molecule has 1 amide bonds. The van der Waals surface area contributed by atoms with Crippen LogP contribution in [0.1, 0.15) is 27.7 Å². The van der Waals surface area contributed by atoms with Crippen molar-refractivity contribution >= 4 is 27.5 Å². The fraction of sp³-hybridized carbons (Fsp3) is 0.350. The molecule has 0 atom stereocenters. The van der Waals surface area contributed by atoms with Gasteiger partial charge in [-0.1, -0.05) is 12.1 Å². The molecule has 1 aromatic carbocycles. The third-order valence-corrected chi connectivity index (χ3v) is 5.31. The van der Waals surface area contributed by atoms with Gasteiger partial charge in [0.05, 0.1) is 11.7 Å². The summed E-state index contributed by atoms with van der Waals surface area (Å²) in [5, 5.41) is 2.30. The monoisotopic (exact) mass is 387 g/mol. The van der Waals surface area contributed by atoms with Gasteiger partial charge in [-0.25, -0.2) is 9.37 Å². The van der Waals surface area contributed by atoms with Crippen molar-refractivity contribution in [3.05, 3.63) is 52.1 Å². The maximum atomic E-state index is 13.2. The fourth-order valence-electron chi connectivity index (χ4n) is 3.32. The normalized spacial score (nSPS) is 11.5. The largest absolute Gasteiger partial charge is 0.336 e. The van der Waals surface area contributed by atoms with E-state index in [9.17, 15) is 14.0 Å². The fourth-order valence-corrected chi connectivity index (χ4v) is 4.23. The van der Waals surface area contributed by atoms with Crippen molar-refractivity contribution < 1.29 is 9.18 Å². The second kappa shape index (κ2) is 7.60. The molecule has 3 aromatic rings. The highest BCUT2D eigenvalue weighted by molar-refractivity contribution is 7.17. The molecule has 0 fully saturated rings. The first-order chi connectivity index (χ1) is 12.8. The number of hydrogen-bond donors (Lipinski definition) is 0. The average molecular weight is 387 g/mol. The summed E-state index contributed by atoms with van der Waals surface area (Å²) in [5.41, 5.74) is 1.19. The van der Waals surface area contributed by atoms with Gasteiger partial charge in [0.15, 0.2) is 0 Å². The van der Waals surface area contributed by atoms with E-state index >= 15 is 0 Å². The van der Waals surface area contributed by atoms with Crippen molar-refractivity contribution in [1.29, 1.82) is 0 Å². The predicted molar refractivity (Wildman–Crippen MR) is 106 cm³/mol. The summed E-state index contributed by atoms with van der Waals surface area (Å²) in [4.78, 5) is 32.5. The highest BCUT2D eigenvalue weighted by atomic mass is 32.1. The zero-order chi connectivity index (χ0) is 19.7. The van der Waals surface area contributed by atoms with Crippen LogP contribution < -0.4 is 5.56 Å². The Labute approximate surface area is 161 Å². The van der Waals surface area contributed by atoms with Crippen LogP contribution in [0.2, 0.25) is 0 Å². The molecule has 142 valence electrons. The summed E-state index contributed by atoms with van der Waals surface area (Å²) in [6.45, 7) is 7.75. The van der Waals surface area contributed by atoms with Crippen LogP contribution in [0.5, 0.6) is 0 Å². The molecule has 0 aliphatic carbocycles. The molecular formula is C20H22FN3O2S. The Kier molecular flexibility index (Phi) is 5.41. The molecule has 2 aromatic heterocycles. The third kappa shape index (κ3) is 3.78. The second-order valence-electron chi connectivity index (χ2n) is 7.00. The first-order valence-electron chi connectivity index (χ1n) is 8.83. The molecule has 0 aliphatic heterocycles. The molecule has 2 heterocycles. The topological polar surface area (TPSA) is 55.2 Å². The van der Waals surface area contributed by atoms with Crippen molar-refractivity contribution in [3.63, 3.8) is 0 Å². The number of halogens is 1. The Hall–Kier alpha value is -2.54. The van der Waals surface area contributed by atoms with Gasteiger partial charge in [-0.05, 0) is 45.4 Å². The number of nitrogens with zero attached hydrogens (tertiary/aromatic N) is 3. The van der Waals surface area contributed by atoms with Crippen LogP contribution in [0.4, 0.5) is 4.39 Å². The van der Waals surface area contributed by atoms with Crippen LogP contribution in [0, 0.1) is 5.82 Å². The number of thiophene rings is 1. The Morgan fingerprint density at radius 1 is 1.19 bits per heavy atom. The Balaban J connectivity index is 2.02. The third-order valence-electron chi connectivity index (χ3n) is 4.42. The summed E-state index contributed by atoms with van der Waals surface area (Å²) in [5.74, 6) is -0.455. The summed E-state index contributed by atoms with van der Waals surface area (Å²) in [7, 11) is 0. The lowest BCUT2D eigenvalue weighted by Gasteiger charge is -2.31. The van der Waals surface area contributed by atoms with Gasteiger partial charge in [0.25, 0.3) is 5.56 Å². The minimum absolute atomic E-state index is 0.0424. The van der Waals surface area contributed by atoms with E-state index in [2.05, 4.69) is 4.98 Å². The molecule has 3 rings (SSSR count). The van der Waals surface area contributed by atoms with Gasteiger partial charge in [0.1, 0.15) is 17.2 Å². The highest BCUT2D eigenvalue weighted by Gasteiger charge is 2.22. The molecule has 0 bridgehead atoms. The van der Waals surface area contributed by atoms with Crippen molar-refractivity contribution in [3.8, 4) is 11.1 Å². The maximum absolute atomic E-state index is 13.2. The molecule has 27 heavy (non-hydrogen) atoms. The van der Waals surface area contributed by atoms with Gasteiger partial charge < -0.3 is 4.90 Å². The zero-order valence-corrected chi connectivity index (χ0v) is 16.6. The lowest BCUT2D eigenvalue weighted by atomic mass is 10.1. The van der Waals surface area contributed by atoms with Crippen LogP contribution in [-0.4, -0.2) is 32.4 Å². The van der Waals surface area contributed by atoms with E-state index in [-0.39, 0.29) is 35.9 Å². The minimum atomic E-state index is -0.332. The highest BCUT2D eigenvalue weighted by Crippen LogP contribution is 2.30. The lowest BCUT2D eigenvalue weighted by molar-refractivity contribution is -0.135. The van der Waals surface area contributed by atoms with E-state index in [1.807, 2.05) is 33.1 Å². The summed E-state index contributed by atoms with van der Waals surface area (Å²) in [6, 6.07) is 6.08. The molecule has 0 radical (unpaired) electrons. The van der Waals surface area contributed by atoms with Crippen LogP contribution in [0.3, 0.4) is 0 Å². The number of aromatic nitrogens is 2. The van der Waals surface area contributed by atoms with E-state index < -0.39 is 0 Å². The van der Waals surface area contributed by atoms with Crippen molar-refractivity contribution in [1.82, 2.24) is 14.5 Å². The number of carbonyl (C=O) groups is 1. The van der Waals surface area contributed by atoms with Gasteiger partial charge in [-0.15, -0.1) is 11.3 Å². The van der Waals surface area contributed by atoms with Crippen molar-refractivity contribution in [2.24, 2.45) is 0 Å². The molecule has 7 heteroatoms. The smallest absolute Gasteiger partial charge is 0.263 e. The first-order valence-corrected chi connectivity index (χ1v) is 9.71. The Morgan fingerprint density at radius 3 is 2.41 bits per heavy atom. The van der Waals surface area contributed by atoms with Crippen LogP contribution in [0.15, 0.2) is 40.8 Å². The number of rotatable bonds is 5. The van der Waals surface area contributed by atoms with Crippen LogP contribution in [0.25, 0.3) is 21.3 Å². The SMILES string of the molecule is CC(C)N(C(=O)Cn1cnc2scc(-c3ccc(F)cc3)c2c1=O)C(C)C. The Bertz CT molecular complexity index is 1010. The van der Waals surface area contributed by atoms with E-state index in [1.165, 1.54) is 34.4 Å². The summed E-state index contributed by atoms with van der Waals surface area (Å²) in [6.07, 6.45) is 1.42. The van der Waals surface area contributed by atoms with Gasteiger partial charge in [-0.2, -0.15) is 0 Å². The molecule has 5 nitrogen and oxygen atoms in total. The van der Waals surface area contributed by atoms with Crippen molar-refractivity contribution in [2.75, 3.05) is 0 Å². The van der Waals surface area contributed by atoms with E-state index in [1.54, 1.807) is 17.0 Å². The van der Waals surface area contributed by atoms with Crippen LogP contribution in [-0.2, 0) is 11.3 Å². The molecule has 0 aliphatic rings. The van der Waals surface area contributed by atoms with Crippen LogP contribution >= 0.6 is 11.3 Å². The first kappa shape index (κ1) is 19.2. The van der Waals surface area contributed by atoms with E-state index in [4.69, 9.17) is 0 Å². The van der Waals surface area contributed by atoms with Gasteiger partial charge in [0.2, 0.25) is 5.91 Å². The molecule has 0 saturated carbocycles. The van der Waals surface area contributed by atoms with Gasteiger partial charge >= 0.3 is 0 Å². The molecule has 0 unspecified atom stereocenters. The number of amides is 1. The molecule has 0 saturated heterocycles.